The average Bonchev–Trinajstić information content (AvgIpc) is 3.93. The van der Waals surface area contributed by atoms with Crippen LogP contribution in [0, 0.1) is 0 Å². The Morgan fingerprint density at radius 2 is 0.649 bits per heavy atom. The molecule has 4 heterocycles. The van der Waals surface area contributed by atoms with E-state index in [1.54, 1.807) is 24.3 Å². The van der Waals surface area contributed by atoms with Crippen molar-refractivity contribution in [3.8, 4) is 23.0 Å². The fraction of sp³-hybridized carbons (Fsp3) is 0.0698. The zero-order valence-corrected chi connectivity index (χ0v) is 30.1. The molecule has 0 aromatic heterocycles. The van der Waals surface area contributed by atoms with Crippen molar-refractivity contribution in [1.29, 1.82) is 0 Å². The number of carbonyl (C=O) groups is 8. The van der Waals surface area contributed by atoms with Crippen molar-refractivity contribution >= 4 is 70.0 Å². The lowest BCUT2D eigenvalue weighted by Crippen LogP contribution is -2.32. The van der Waals surface area contributed by atoms with E-state index in [0.29, 0.717) is 11.5 Å². The summed E-state index contributed by atoms with van der Waals surface area (Å²) >= 11 is 0. The monoisotopic (exact) mass is 760 g/mol. The van der Waals surface area contributed by atoms with Crippen molar-refractivity contribution in [2.45, 2.75) is 19.3 Å². The summed E-state index contributed by atoms with van der Waals surface area (Å²) in [4.78, 5) is 104. The first-order valence-corrected chi connectivity index (χ1v) is 17.4. The highest BCUT2D eigenvalue weighted by molar-refractivity contribution is 6.32. The number of hydrogen-bond donors (Lipinski definition) is 0. The molecule has 4 aliphatic heterocycles. The molecule has 0 atom stereocenters. The maximum Gasteiger partial charge on any atom is 0.258 e. The van der Waals surface area contributed by atoms with E-state index in [0.717, 1.165) is 79.3 Å². The Balaban J connectivity index is 1.02. The summed E-state index contributed by atoms with van der Waals surface area (Å²) in [6.45, 7) is 4.04. The minimum Gasteiger partial charge on any atom is -0.455 e. The summed E-state index contributed by atoms with van der Waals surface area (Å²) in [6.07, 6.45) is 9.01. The minimum absolute atomic E-state index is 0.0548. The van der Waals surface area contributed by atoms with Crippen LogP contribution in [0.5, 0.6) is 23.0 Å². The quantitative estimate of drug-likeness (QED) is 0.193. The van der Waals surface area contributed by atoms with E-state index in [1.807, 2.05) is 38.1 Å². The molecule has 0 unspecified atom stereocenters. The molecular weight excluding hydrogens is 732 g/mol. The first-order valence-electron chi connectivity index (χ1n) is 17.4. The highest BCUT2D eigenvalue weighted by atomic mass is 16.5. The lowest BCUT2D eigenvalue weighted by Gasteiger charge is -2.27. The van der Waals surface area contributed by atoms with E-state index in [2.05, 4.69) is 0 Å². The summed E-state index contributed by atoms with van der Waals surface area (Å²) in [5.74, 6) is -3.61. The number of rotatable bonds is 10. The highest BCUT2D eigenvalue weighted by Crippen LogP contribution is 2.41. The third kappa shape index (κ3) is 6.40. The SMILES string of the molecule is CC(C)(c1ccc(Oc2ccc(N3C(=O)C=CC3=O)cc2N2C(=O)C=CC2=O)cc1)c1ccc(Oc2ccc(N3C(=O)C=CC3=O)cc2N2C(=O)C=CC2=O)cc1. The maximum absolute atomic E-state index is 12.7. The molecule has 8 rings (SSSR count). The molecule has 8 amide bonds. The second-order valence-electron chi connectivity index (χ2n) is 13.6. The molecular formula is C43H28N4O10. The van der Waals surface area contributed by atoms with Crippen molar-refractivity contribution < 1.29 is 47.8 Å². The van der Waals surface area contributed by atoms with Crippen molar-refractivity contribution in [2.75, 3.05) is 19.6 Å². The molecule has 0 spiro atoms. The lowest BCUT2D eigenvalue weighted by molar-refractivity contribution is -0.121. The van der Waals surface area contributed by atoms with Crippen molar-refractivity contribution in [1.82, 2.24) is 0 Å². The number of anilines is 4. The van der Waals surface area contributed by atoms with Crippen LogP contribution < -0.4 is 29.1 Å². The summed E-state index contributed by atoms with van der Waals surface area (Å²) in [5.41, 5.74) is 1.71. The zero-order valence-electron chi connectivity index (χ0n) is 30.1. The number of hydrogen-bond acceptors (Lipinski definition) is 10. The van der Waals surface area contributed by atoms with Crippen LogP contribution in [-0.2, 0) is 43.8 Å². The molecule has 0 saturated heterocycles. The molecule has 14 nitrogen and oxygen atoms in total. The standard InChI is InChI=1S/C43H28N4O10/c1-43(2,25-3-9-29(10-4-25)56-33-13-7-27(44-35(48)15-16-36(44)49)23-31(33)46-39(52)19-20-40(46)53)26-5-11-30(12-6-26)57-34-14-8-28(45-37(50)17-18-38(45)51)24-32(34)47-41(54)21-22-42(47)55/h3-24H,1-2H3. The second-order valence-corrected chi connectivity index (χ2v) is 13.6. The Hall–Kier alpha value is -8.00. The van der Waals surface area contributed by atoms with Gasteiger partial charge in [-0.05, 0) is 71.8 Å². The number of ether oxygens (including phenoxy) is 2. The summed E-state index contributed by atoms with van der Waals surface area (Å²) in [5, 5.41) is 0. The van der Waals surface area contributed by atoms with Crippen molar-refractivity contribution in [3.63, 3.8) is 0 Å². The molecule has 57 heavy (non-hydrogen) atoms. The van der Waals surface area contributed by atoms with E-state index >= 15 is 0 Å². The van der Waals surface area contributed by atoms with Gasteiger partial charge in [0, 0.05) is 54.0 Å². The van der Waals surface area contributed by atoms with Gasteiger partial charge in [0.25, 0.3) is 47.3 Å². The van der Waals surface area contributed by atoms with Crippen molar-refractivity contribution in [2.24, 2.45) is 0 Å². The van der Waals surface area contributed by atoms with Gasteiger partial charge in [0.15, 0.2) is 11.5 Å². The molecule has 0 bridgehead atoms. The number of benzene rings is 4. The Bertz CT molecular complexity index is 2370. The topological polar surface area (TPSA) is 168 Å². The normalized spacial score (nSPS) is 16.5. The summed E-state index contributed by atoms with van der Waals surface area (Å²) in [6, 6.07) is 23.1. The van der Waals surface area contributed by atoms with Crippen LogP contribution in [0.25, 0.3) is 0 Å². The third-order valence-electron chi connectivity index (χ3n) is 9.73. The Morgan fingerprint density at radius 3 is 0.947 bits per heavy atom. The highest BCUT2D eigenvalue weighted by Gasteiger charge is 2.34. The van der Waals surface area contributed by atoms with E-state index in [4.69, 9.17) is 9.47 Å². The van der Waals surface area contributed by atoms with Gasteiger partial charge < -0.3 is 9.47 Å². The zero-order chi connectivity index (χ0) is 40.2. The van der Waals surface area contributed by atoms with E-state index in [9.17, 15) is 38.4 Å². The predicted molar refractivity (Wildman–Crippen MR) is 205 cm³/mol. The number of nitrogens with zero attached hydrogens (tertiary/aromatic N) is 4. The fourth-order valence-corrected chi connectivity index (χ4v) is 6.70. The van der Waals surface area contributed by atoms with Gasteiger partial charge in [0.2, 0.25) is 0 Å². The van der Waals surface area contributed by atoms with E-state index < -0.39 is 52.7 Å². The van der Waals surface area contributed by atoms with Crippen LogP contribution in [0.3, 0.4) is 0 Å². The van der Waals surface area contributed by atoms with Gasteiger partial charge in [-0.25, -0.2) is 19.6 Å². The van der Waals surface area contributed by atoms with Gasteiger partial charge in [-0.3, -0.25) is 38.4 Å². The Kier molecular flexibility index (Phi) is 8.65. The molecule has 4 aromatic rings. The lowest BCUT2D eigenvalue weighted by atomic mass is 9.78. The molecule has 4 aromatic carbocycles. The molecule has 0 fully saturated rings. The minimum atomic E-state index is -0.606. The molecule has 0 radical (unpaired) electrons. The fourth-order valence-electron chi connectivity index (χ4n) is 6.70. The van der Waals surface area contributed by atoms with Crippen LogP contribution in [0.15, 0.2) is 134 Å². The predicted octanol–water partition coefficient (Wildman–Crippen LogP) is 5.31. The summed E-state index contributed by atoms with van der Waals surface area (Å²) < 4.78 is 12.3. The van der Waals surface area contributed by atoms with Crippen LogP contribution in [0.2, 0.25) is 0 Å². The molecule has 0 saturated carbocycles. The molecule has 4 aliphatic rings. The third-order valence-corrected chi connectivity index (χ3v) is 9.73. The van der Waals surface area contributed by atoms with Crippen LogP contribution in [0.4, 0.5) is 22.7 Å². The molecule has 0 aliphatic carbocycles. The smallest absolute Gasteiger partial charge is 0.258 e. The van der Waals surface area contributed by atoms with E-state index in [1.165, 1.54) is 36.4 Å². The van der Waals surface area contributed by atoms with Gasteiger partial charge >= 0.3 is 0 Å². The van der Waals surface area contributed by atoms with Gasteiger partial charge in [-0.2, -0.15) is 0 Å². The summed E-state index contributed by atoms with van der Waals surface area (Å²) in [7, 11) is 0. The number of amides is 8. The Morgan fingerprint density at radius 1 is 0.368 bits per heavy atom. The van der Waals surface area contributed by atoms with Crippen LogP contribution in [0.1, 0.15) is 25.0 Å². The van der Waals surface area contributed by atoms with Gasteiger partial charge in [0.1, 0.15) is 11.5 Å². The van der Waals surface area contributed by atoms with Crippen LogP contribution in [-0.4, -0.2) is 47.3 Å². The molecule has 14 heteroatoms. The average molecular weight is 761 g/mol. The van der Waals surface area contributed by atoms with E-state index in [-0.39, 0.29) is 34.2 Å². The largest absolute Gasteiger partial charge is 0.455 e. The Labute approximate surface area is 323 Å². The second kappa shape index (κ2) is 13.7. The number of carbonyl (C=O) groups excluding carboxylic acids is 8. The number of imide groups is 4. The van der Waals surface area contributed by atoms with Gasteiger partial charge in [-0.15, -0.1) is 0 Å². The maximum atomic E-state index is 12.7. The van der Waals surface area contributed by atoms with Gasteiger partial charge in [0.05, 0.1) is 22.7 Å². The van der Waals surface area contributed by atoms with Gasteiger partial charge in [-0.1, -0.05) is 38.1 Å². The molecule has 280 valence electrons. The first kappa shape index (κ1) is 36.0. The molecule has 0 N–H and O–H groups in total. The van der Waals surface area contributed by atoms with Crippen LogP contribution >= 0.6 is 0 Å². The first-order chi connectivity index (χ1) is 27.3. The van der Waals surface area contributed by atoms with Crippen molar-refractivity contribution in [3.05, 3.63) is 145 Å².